The van der Waals surface area contributed by atoms with E-state index >= 15 is 0 Å². The van der Waals surface area contributed by atoms with Crippen LogP contribution >= 0.6 is 34.8 Å². The van der Waals surface area contributed by atoms with Gasteiger partial charge in [0.15, 0.2) is 0 Å². The van der Waals surface area contributed by atoms with Crippen LogP contribution in [0, 0.1) is 0 Å². The van der Waals surface area contributed by atoms with Crippen molar-refractivity contribution in [3.8, 4) is 0 Å². The lowest BCUT2D eigenvalue weighted by atomic mass is 10.2. The number of aromatic amines is 1. The number of hydrogen-bond donors (Lipinski definition) is 2. The van der Waals surface area contributed by atoms with Crippen molar-refractivity contribution in [3.05, 3.63) is 90.1 Å². The monoisotopic (exact) mass is 395 g/mol. The van der Waals surface area contributed by atoms with Crippen molar-refractivity contribution < 1.29 is 0 Å². The van der Waals surface area contributed by atoms with Gasteiger partial charge in [-0.2, -0.15) is 0 Å². The Morgan fingerprint density at radius 1 is 0.960 bits per heavy atom. The Balaban J connectivity index is 1.93. The molecule has 25 heavy (non-hydrogen) atoms. The molecule has 8 heteroatoms. The summed E-state index contributed by atoms with van der Waals surface area (Å²) in [5.41, 5.74) is 0.561. The molecule has 0 spiro atoms. The van der Waals surface area contributed by atoms with Crippen LogP contribution in [0.25, 0.3) is 0 Å². The van der Waals surface area contributed by atoms with Crippen molar-refractivity contribution in [1.82, 2.24) is 9.55 Å². The summed E-state index contributed by atoms with van der Waals surface area (Å²) in [5.74, 6) is 0. The minimum atomic E-state index is -0.530. The highest BCUT2D eigenvalue weighted by Crippen LogP contribution is 2.22. The molecule has 0 saturated heterocycles. The van der Waals surface area contributed by atoms with Gasteiger partial charge in [-0.1, -0.05) is 40.9 Å². The number of aromatic nitrogens is 2. The second kappa shape index (κ2) is 7.35. The molecule has 0 radical (unpaired) electrons. The van der Waals surface area contributed by atoms with E-state index in [2.05, 4.69) is 10.3 Å². The summed E-state index contributed by atoms with van der Waals surface area (Å²) < 4.78 is 1.36. The van der Waals surface area contributed by atoms with E-state index in [1.54, 1.807) is 42.5 Å². The molecule has 0 aliphatic carbocycles. The van der Waals surface area contributed by atoms with Crippen LogP contribution < -0.4 is 16.6 Å². The first kappa shape index (κ1) is 17.6. The maximum Gasteiger partial charge on any atom is 0.328 e. The van der Waals surface area contributed by atoms with E-state index in [1.807, 2.05) is 0 Å². The topological polar surface area (TPSA) is 66.9 Å². The van der Waals surface area contributed by atoms with E-state index in [0.717, 1.165) is 0 Å². The van der Waals surface area contributed by atoms with Gasteiger partial charge in [0.1, 0.15) is 5.69 Å². The van der Waals surface area contributed by atoms with E-state index in [9.17, 15) is 9.59 Å². The first-order valence-corrected chi connectivity index (χ1v) is 8.36. The molecule has 0 aliphatic rings. The minimum absolute atomic E-state index is 0.195. The average molecular weight is 397 g/mol. The molecule has 3 aromatic rings. The molecular weight excluding hydrogens is 385 g/mol. The van der Waals surface area contributed by atoms with Crippen LogP contribution in [0.1, 0.15) is 5.56 Å². The van der Waals surface area contributed by atoms with Gasteiger partial charge in [-0.15, -0.1) is 0 Å². The molecule has 0 atom stereocenters. The van der Waals surface area contributed by atoms with E-state index in [-0.39, 0.29) is 12.2 Å². The second-order valence-corrected chi connectivity index (χ2v) is 6.58. The highest BCUT2D eigenvalue weighted by molar-refractivity contribution is 6.35. The number of benzene rings is 2. The van der Waals surface area contributed by atoms with Crippen LogP contribution in [0.15, 0.2) is 58.3 Å². The number of anilines is 2. The molecule has 0 aliphatic heterocycles. The van der Waals surface area contributed by atoms with E-state index in [1.165, 1.54) is 10.8 Å². The van der Waals surface area contributed by atoms with Crippen LogP contribution in [-0.2, 0) is 6.54 Å². The summed E-state index contributed by atoms with van der Waals surface area (Å²) in [6.45, 7) is 0.195. The van der Waals surface area contributed by atoms with Crippen LogP contribution in [-0.4, -0.2) is 9.55 Å². The molecule has 128 valence electrons. The fraction of sp³-hybridized carbons (Fsp3) is 0.0588. The maximum atomic E-state index is 12.1. The van der Waals surface area contributed by atoms with E-state index in [4.69, 9.17) is 34.8 Å². The summed E-state index contributed by atoms with van der Waals surface area (Å²) >= 11 is 17.9. The van der Waals surface area contributed by atoms with E-state index < -0.39 is 11.2 Å². The molecule has 0 saturated carbocycles. The Bertz CT molecular complexity index is 1030. The predicted octanol–water partition coefficient (Wildman–Crippen LogP) is 4.29. The summed E-state index contributed by atoms with van der Waals surface area (Å²) in [4.78, 5) is 26.4. The standard InChI is InChI=1S/C17H12Cl3N3O2/c18-11-3-5-13(6-4-11)21-15-9-23(17(25)22-16(15)24)8-10-1-2-12(19)7-14(10)20/h1-7,9,21H,8H2,(H,22,24,25). The average Bonchev–Trinajstić information content (AvgIpc) is 2.56. The van der Waals surface area contributed by atoms with Crippen molar-refractivity contribution in [2.75, 3.05) is 5.32 Å². The van der Waals surface area contributed by atoms with Gasteiger partial charge in [0, 0.05) is 27.0 Å². The van der Waals surface area contributed by atoms with Crippen molar-refractivity contribution in [3.63, 3.8) is 0 Å². The largest absolute Gasteiger partial charge is 0.350 e. The normalized spacial score (nSPS) is 10.7. The Morgan fingerprint density at radius 2 is 1.64 bits per heavy atom. The third-order valence-corrected chi connectivity index (χ3v) is 4.33. The van der Waals surface area contributed by atoms with Gasteiger partial charge in [0.05, 0.1) is 6.54 Å². The summed E-state index contributed by atoms with van der Waals surface area (Å²) in [6.07, 6.45) is 1.45. The molecule has 5 nitrogen and oxygen atoms in total. The van der Waals surface area contributed by atoms with Gasteiger partial charge in [-0.3, -0.25) is 14.3 Å². The first-order chi connectivity index (χ1) is 11.9. The SMILES string of the molecule is O=c1[nH]c(=O)n(Cc2ccc(Cl)cc2Cl)cc1Nc1ccc(Cl)cc1. The lowest BCUT2D eigenvalue weighted by molar-refractivity contribution is 0.723. The summed E-state index contributed by atoms with van der Waals surface area (Å²) in [5, 5.41) is 4.49. The Hall–Kier alpha value is -2.21. The molecule has 0 amide bonds. The third kappa shape index (κ3) is 4.25. The predicted molar refractivity (Wildman–Crippen MR) is 102 cm³/mol. The molecule has 0 fully saturated rings. The fourth-order valence-corrected chi connectivity index (χ4v) is 2.83. The molecule has 0 bridgehead atoms. The molecule has 1 heterocycles. The van der Waals surface area contributed by atoms with Crippen molar-refractivity contribution in [2.45, 2.75) is 6.54 Å². The zero-order chi connectivity index (χ0) is 18.0. The van der Waals surface area contributed by atoms with Gasteiger partial charge < -0.3 is 5.32 Å². The summed E-state index contributed by atoms with van der Waals surface area (Å²) in [7, 11) is 0. The van der Waals surface area contributed by atoms with E-state index in [0.29, 0.717) is 26.3 Å². The van der Waals surface area contributed by atoms with Crippen molar-refractivity contribution in [2.24, 2.45) is 0 Å². The molecule has 0 unspecified atom stereocenters. The summed E-state index contributed by atoms with van der Waals surface area (Å²) in [6, 6.07) is 11.9. The lowest BCUT2D eigenvalue weighted by Crippen LogP contribution is -2.31. The lowest BCUT2D eigenvalue weighted by Gasteiger charge is -2.11. The van der Waals surface area contributed by atoms with Gasteiger partial charge in [-0.25, -0.2) is 4.79 Å². The number of hydrogen-bond acceptors (Lipinski definition) is 3. The van der Waals surface area contributed by atoms with Crippen LogP contribution in [0.4, 0.5) is 11.4 Å². The molecule has 2 N–H and O–H groups in total. The van der Waals surface area contributed by atoms with Crippen LogP contribution in [0.3, 0.4) is 0 Å². The smallest absolute Gasteiger partial charge is 0.328 e. The van der Waals surface area contributed by atoms with Crippen LogP contribution in [0.2, 0.25) is 15.1 Å². The van der Waals surface area contributed by atoms with Crippen molar-refractivity contribution >= 4 is 46.2 Å². The van der Waals surface area contributed by atoms with Crippen molar-refractivity contribution in [1.29, 1.82) is 0 Å². The number of nitrogens with one attached hydrogen (secondary N) is 2. The van der Waals surface area contributed by atoms with Gasteiger partial charge in [0.2, 0.25) is 0 Å². The quantitative estimate of drug-likeness (QED) is 0.691. The highest BCUT2D eigenvalue weighted by Gasteiger charge is 2.08. The zero-order valence-electron chi connectivity index (χ0n) is 12.7. The number of halogens is 3. The molecule has 2 aromatic carbocycles. The Kier molecular flexibility index (Phi) is 5.18. The molecule has 3 rings (SSSR count). The first-order valence-electron chi connectivity index (χ1n) is 7.22. The highest BCUT2D eigenvalue weighted by atomic mass is 35.5. The number of rotatable bonds is 4. The van der Waals surface area contributed by atoms with Gasteiger partial charge in [-0.05, 0) is 42.0 Å². The minimum Gasteiger partial charge on any atom is -0.350 e. The zero-order valence-corrected chi connectivity index (χ0v) is 15.0. The van der Waals surface area contributed by atoms with Gasteiger partial charge >= 0.3 is 5.69 Å². The van der Waals surface area contributed by atoms with Crippen LogP contribution in [0.5, 0.6) is 0 Å². The second-order valence-electron chi connectivity index (χ2n) is 5.30. The maximum absolute atomic E-state index is 12.1. The number of H-pyrrole nitrogens is 1. The van der Waals surface area contributed by atoms with Gasteiger partial charge in [0.25, 0.3) is 5.56 Å². The fourth-order valence-electron chi connectivity index (χ4n) is 2.24. The Labute approximate surface area is 157 Å². The molecule has 1 aromatic heterocycles. The molecular formula is C17H12Cl3N3O2. The number of nitrogens with zero attached hydrogens (tertiary/aromatic N) is 1. The third-order valence-electron chi connectivity index (χ3n) is 3.49. The Morgan fingerprint density at radius 3 is 2.32 bits per heavy atom.